The molecule has 0 atom stereocenters. The molecule has 1 aliphatic heterocycles. The van der Waals surface area contributed by atoms with Crippen molar-refractivity contribution in [1.29, 1.82) is 0 Å². The van der Waals surface area contributed by atoms with Gasteiger partial charge < -0.3 is 4.90 Å². The first-order valence-corrected chi connectivity index (χ1v) is 6.98. The van der Waals surface area contributed by atoms with Gasteiger partial charge in [0.15, 0.2) is 0 Å². The van der Waals surface area contributed by atoms with Gasteiger partial charge in [0.1, 0.15) is 5.82 Å². The maximum atomic E-state index is 12.4. The lowest BCUT2D eigenvalue weighted by Crippen LogP contribution is -2.49. The Kier molecular flexibility index (Phi) is 4.49. The van der Waals surface area contributed by atoms with Gasteiger partial charge >= 0.3 is 6.18 Å². The molecule has 0 spiro atoms. The average molecular weight is 311 g/mol. The van der Waals surface area contributed by atoms with Crippen molar-refractivity contribution in [3.05, 3.63) is 11.3 Å². The van der Waals surface area contributed by atoms with Gasteiger partial charge in [0.2, 0.25) is 0 Å². The summed E-state index contributed by atoms with van der Waals surface area (Å²) in [5, 5.41) is 4.33. The Bertz CT molecular complexity index is 464. The summed E-state index contributed by atoms with van der Waals surface area (Å²) in [6.07, 6.45) is -4.13. The average Bonchev–Trinajstić information content (AvgIpc) is 2.62. The number of aryl methyl sites for hydroxylation is 2. The van der Waals surface area contributed by atoms with Crippen LogP contribution in [0.2, 0.25) is 0 Å². The van der Waals surface area contributed by atoms with E-state index in [1.165, 1.54) is 4.90 Å². The molecule has 0 radical (unpaired) electrons. The Labute approximate surface area is 121 Å². The van der Waals surface area contributed by atoms with Crippen LogP contribution in [0.5, 0.6) is 0 Å². The van der Waals surface area contributed by atoms with Crippen molar-refractivity contribution in [3.63, 3.8) is 0 Å². The molecule has 1 aromatic rings. The van der Waals surface area contributed by atoms with E-state index in [2.05, 4.69) is 10.00 Å². The second-order valence-electron chi connectivity index (χ2n) is 5.02. The molecule has 2 rings (SSSR count). The molecule has 4 nitrogen and oxygen atoms in total. The molecule has 0 N–H and O–H groups in total. The molecule has 8 heteroatoms. The van der Waals surface area contributed by atoms with Crippen LogP contribution in [0, 0.1) is 6.92 Å². The molecular formula is C12H18ClF3N4. The number of hydrogen-bond donors (Lipinski definition) is 0. The zero-order valence-electron chi connectivity index (χ0n) is 11.5. The van der Waals surface area contributed by atoms with Crippen molar-refractivity contribution in [2.45, 2.75) is 19.0 Å². The van der Waals surface area contributed by atoms with Gasteiger partial charge in [-0.3, -0.25) is 9.58 Å². The lowest BCUT2D eigenvalue weighted by atomic mass is 10.2. The van der Waals surface area contributed by atoms with Gasteiger partial charge in [0.05, 0.1) is 18.1 Å². The first kappa shape index (κ1) is 15.4. The van der Waals surface area contributed by atoms with Crippen LogP contribution in [-0.4, -0.2) is 53.6 Å². The monoisotopic (exact) mass is 310 g/mol. The summed E-state index contributed by atoms with van der Waals surface area (Å²) in [4.78, 5) is 3.49. The summed E-state index contributed by atoms with van der Waals surface area (Å²) >= 11 is 5.95. The van der Waals surface area contributed by atoms with Crippen LogP contribution in [-0.2, 0) is 12.9 Å². The third-order valence-electron chi connectivity index (χ3n) is 3.52. The molecule has 0 bridgehead atoms. The molecule has 1 aliphatic rings. The third-order valence-corrected chi connectivity index (χ3v) is 3.79. The first-order valence-electron chi connectivity index (χ1n) is 6.44. The minimum absolute atomic E-state index is 0.359. The highest BCUT2D eigenvalue weighted by Gasteiger charge is 2.32. The zero-order valence-corrected chi connectivity index (χ0v) is 12.3. The fourth-order valence-corrected chi connectivity index (χ4v) is 2.93. The maximum absolute atomic E-state index is 12.4. The van der Waals surface area contributed by atoms with Crippen LogP contribution in [0.25, 0.3) is 0 Å². The standard InChI is InChI=1S/C12H18ClF3N4/c1-9-10(7-13)11(18(2)17-9)20-5-3-19(4-6-20)8-12(14,15)16/h3-8H2,1-2H3. The minimum atomic E-state index is -4.13. The molecule has 1 aromatic heterocycles. The topological polar surface area (TPSA) is 24.3 Å². The molecular weight excluding hydrogens is 293 g/mol. The van der Waals surface area contributed by atoms with Crippen molar-refractivity contribution >= 4 is 17.4 Å². The number of alkyl halides is 4. The van der Waals surface area contributed by atoms with E-state index in [9.17, 15) is 13.2 Å². The zero-order chi connectivity index (χ0) is 14.9. The van der Waals surface area contributed by atoms with E-state index in [-0.39, 0.29) is 0 Å². The Balaban J connectivity index is 2.04. The van der Waals surface area contributed by atoms with Crippen molar-refractivity contribution in [1.82, 2.24) is 14.7 Å². The highest BCUT2D eigenvalue weighted by Crippen LogP contribution is 2.26. The number of aromatic nitrogens is 2. The minimum Gasteiger partial charge on any atom is -0.354 e. The summed E-state index contributed by atoms with van der Waals surface area (Å²) in [7, 11) is 1.83. The predicted octanol–water partition coefficient (Wildman–Crippen LogP) is 2.15. The van der Waals surface area contributed by atoms with Gasteiger partial charge in [-0.15, -0.1) is 11.6 Å². The van der Waals surface area contributed by atoms with Crippen molar-refractivity contribution < 1.29 is 13.2 Å². The second-order valence-corrected chi connectivity index (χ2v) is 5.29. The summed E-state index contributed by atoms with van der Waals surface area (Å²) in [5.74, 6) is 1.28. The summed E-state index contributed by atoms with van der Waals surface area (Å²) in [6.45, 7) is 2.95. The van der Waals surface area contributed by atoms with Crippen molar-refractivity contribution in [2.24, 2.45) is 7.05 Å². The molecule has 0 amide bonds. The van der Waals surface area contributed by atoms with E-state index < -0.39 is 12.7 Å². The van der Waals surface area contributed by atoms with Gasteiger partial charge in [-0.25, -0.2) is 0 Å². The molecule has 114 valence electrons. The number of hydrogen-bond acceptors (Lipinski definition) is 3. The van der Waals surface area contributed by atoms with Gasteiger partial charge in [-0.2, -0.15) is 18.3 Å². The Morgan fingerprint density at radius 2 is 1.80 bits per heavy atom. The third kappa shape index (κ3) is 3.38. The SMILES string of the molecule is Cc1nn(C)c(N2CCN(CC(F)(F)F)CC2)c1CCl. The van der Waals surface area contributed by atoms with Crippen molar-refractivity contribution in [2.75, 3.05) is 37.6 Å². The summed E-state index contributed by atoms with van der Waals surface area (Å²) < 4.78 is 38.8. The summed E-state index contributed by atoms with van der Waals surface area (Å²) in [5.41, 5.74) is 1.83. The Morgan fingerprint density at radius 1 is 1.20 bits per heavy atom. The highest BCUT2D eigenvalue weighted by molar-refractivity contribution is 6.17. The molecule has 0 aromatic carbocycles. The van der Waals surface area contributed by atoms with Gasteiger partial charge in [0, 0.05) is 38.8 Å². The number of rotatable bonds is 3. The largest absolute Gasteiger partial charge is 0.401 e. The molecule has 0 unspecified atom stereocenters. The molecule has 1 saturated heterocycles. The first-order chi connectivity index (χ1) is 9.31. The van der Waals surface area contributed by atoms with E-state index in [1.807, 2.05) is 14.0 Å². The predicted molar refractivity (Wildman–Crippen MR) is 72.2 cm³/mol. The number of halogens is 4. The van der Waals surface area contributed by atoms with Crippen LogP contribution in [0.1, 0.15) is 11.3 Å². The number of nitrogens with zero attached hydrogens (tertiary/aromatic N) is 4. The smallest absolute Gasteiger partial charge is 0.354 e. The summed E-state index contributed by atoms with van der Waals surface area (Å²) in [6, 6.07) is 0. The van der Waals surface area contributed by atoms with E-state index in [0.29, 0.717) is 32.1 Å². The lowest BCUT2D eigenvalue weighted by molar-refractivity contribution is -0.146. The Hall–Kier alpha value is -0.950. The quantitative estimate of drug-likeness (QED) is 0.800. The van der Waals surface area contributed by atoms with Gasteiger partial charge in [-0.05, 0) is 6.92 Å². The molecule has 0 aliphatic carbocycles. The number of anilines is 1. The second kappa shape index (κ2) is 5.81. The Morgan fingerprint density at radius 3 is 2.30 bits per heavy atom. The van der Waals surface area contributed by atoms with Crippen LogP contribution in [0.3, 0.4) is 0 Å². The normalized spacial score (nSPS) is 17.8. The van der Waals surface area contributed by atoms with Crippen LogP contribution >= 0.6 is 11.6 Å². The van der Waals surface area contributed by atoms with E-state index in [0.717, 1.165) is 17.1 Å². The fraction of sp³-hybridized carbons (Fsp3) is 0.750. The van der Waals surface area contributed by atoms with Gasteiger partial charge in [0.25, 0.3) is 0 Å². The van der Waals surface area contributed by atoms with Gasteiger partial charge in [-0.1, -0.05) is 0 Å². The van der Waals surface area contributed by atoms with E-state index in [4.69, 9.17) is 11.6 Å². The van der Waals surface area contributed by atoms with Crippen LogP contribution in [0.15, 0.2) is 0 Å². The highest BCUT2D eigenvalue weighted by atomic mass is 35.5. The van der Waals surface area contributed by atoms with Crippen LogP contribution in [0.4, 0.5) is 19.0 Å². The maximum Gasteiger partial charge on any atom is 0.401 e. The molecule has 1 fully saturated rings. The van der Waals surface area contributed by atoms with Crippen LogP contribution < -0.4 is 4.90 Å². The molecule has 20 heavy (non-hydrogen) atoms. The molecule has 0 saturated carbocycles. The fourth-order valence-electron chi connectivity index (χ4n) is 2.61. The molecule has 2 heterocycles. The van der Waals surface area contributed by atoms with E-state index >= 15 is 0 Å². The van der Waals surface area contributed by atoms with Crippen molar-refractivity contribution in [3.8, 4) is 0 Å². The lowest BCUT2D eigenvalue weighted by Gasteiger charge is -2.36. The number of piperazine rings is 1. The van der Waals surface area contributed by atoms with E-state index in [1.54, 1.807) is 4.68 Å².